The van der Waals surface area contributed by atoms with Crippen molar-refractivity contribution in [1.29, 1.82) is 0 Å². The van der Waals surface area contributed by atoms with E-state index in [1.165, 1.54) is 18.2 Å². The number of hydrogen-bond acceptors (Lipinski definition) is 4. The molecule has 3 N–H and O–H groups in total. The molecule has 0 saturated carbocycles. The second-order valence-electron chi connectivity index (χ2n) is 5.89. The zero-order valence-electron chi connectivity index (χ0n) is 14.2. The van der Waals surface area contributed by atoms with Gasteiger partial charge in [0.05, 0.1) is 17.7 Å². The third-order valence-electron chi connectivity index (χ3n) is 3.79. The van der Waals surface area contributed by atoms with Crippen LogP contribution in [0.4, 0.5) is 24.5 Å². The second kappa shape index (κ2) is 7.59. The van der Waals surface area contributed by atoms with Gasteiger partial charge >= 0.3 is 6.36 Å². The number of para-hydroxylation sites is 1. The van der Waals surface area contributed by atoms with Crippen molar-refractivity contribution in [3.63, 3.8) is 0 Å². The first-order valence-corrected chi connectivity index (χ1v) is 8.08. The zero-order valence-corrected chi connectivity index (χ0v) is 14.2. The molecule has 1 atom stereocenters. The molecule has 0 bridgehead atoms. The molecule has 28 heavy (non-hydrogen) atoms. The number of alkyl halides is 3. The monoisotopic (exact) mass is 393 g/mol. The van der Waals surface area contributed by atoms with Crippen LogP contribution in [0.2, 0.25) is 0 Å². The number of hydrogen-bond donors (Lipinski definition) is 3. The number of amides is 3. The number of ether oxygens (including phenoxy) is 1. The van der Waals surface area contributed by atoms with E-state index in [4.69, 9.17) is 0 Å². The predicted octanol–water partition coefficient (Wildman–Crippen LogP) is 2.66. The Morgan fingerprint density at radius 3 is 2.61 bits per heavy atom. The van der Waals surface area contributed by atoms with Crippen molar-refractivity contribution >= 4 is 29.1 Å². The van der Waals surface area contributed by atoms with Crippen molar-refractivity contribution in [2.45, 2.75) is 18.8 Å². The van der Waals surface area contributed by atoms with E-state index < -0.39 is 42.3 Å². The van der Waals surface area contributed by atoms with Crippen molar-refractivity contribution in [1.82, 2.24) is 5.32 Å². The van der Waals surface area contributed by atoms with Gasteiger partial charge in [-0.15, -0.1) is 13.2 Å². The number of fused-ring (bicyclic) bond motifs is 1. The first-order valence-electron chi connectivity index (χ1n) is 8.08. The summed E-state index contributed by atoms with van der Waals surface area (Å²) < 4.78 is 40.6. The van der Waals surface area contributed by atoms with E-state index in [1.54, 1.807) is 18.2 Å². The summed E-state index contributed by atoms with van der Waals surface area (Å²) in [5.74, 6) is -2.27. The van der Waals surface area contributed by atoms with Crippen LogP contribution in [-0.2, 0) is 9.59 Å². The topological polar surface area (TPSA) is 96.5 Å². The Hall–Kier alpha value is -3.56. The van der Waals surface area contributed by atoms with Gasteiger partial charge in [0, 0.05) is 11.8 Å². The average Bonchev–Trinajstić information content (AvgIpc) is 2.71. The van der Waals surface area contributed by atoms with Gasteiger partial charge in [-0.05, 0) is 24.3 Å². The van der Waals surface area contributed by atoms with Gasteiger partial charge in [0.2, 0.25) is 11.8 Å². The predicted molar refractivity (Wildman–Crippen MR) is 92.7 cm³/mol. The third kappa shape index (κ3) is 4.78. The van der Waals surface area contributed by atoms with Crippen LogP contribution in [0.3, 0.4) is 0 Å². The summed E-state index contributed by atoms with van der Waals surface area (Å²) in [4.78, 5) is 36.7. The van der Waals surface area contributed by atoms with Crippen LogP contribution in [0.5, 0.6) is 5.75 Å². The first-order chi connectivity index (χ1) is 13.2. The van der Waals surface area contributed by atoms with Crippen molar-refractivity contribution in [3.8, 4) is 5.75 Å². The minimum absolute atomic E-state index is 0.0513. The molecule has 0 fully saturated rings. The number of halogens is 3. The third-order valence-corrected chi connectivity index (χ3v) is 3.79. The Morgan fingerprint density at radius 1 is 1.11 bits per heavy atom. The molecule has 0 saturated heterocycles. The van der Waals surface area contributed by atoms with Crippen LogP contribution in [-0.4, -0.2) is 30.1 Å². The van der Waals surface area contributed by atoms with E-state index in [1.807, 2.05) is 0 Å². The normalized spacial score (nSPS) is 16.3. The molecule has 3 rings (SSSR count). The fourth-order valence-electron chi connectivity index (χ4n) is 2.62. The number of carbonyl (C=O) groups excluding carboxylic acids is 3. The summed E-state index contributed by atoms with van der Waals surface area (Å²) in [6.07, 6.45) is -5.27. The fraction of sp³-hybridized carbons (Fsp3) is 0.167. The number of benzene rings is 2. The molecular weight excluding hydrogens is 379 g/mol. The molecule has 146 valence electrons. The van der Waals surface area contributed by atoms with E-state index >= 15 is 0 Å². The molecular formula is C18H14F3N3O4. The molecule has 0 spiro atoms. The van der Waals surface area contributed by atoms with Crippen molar-refractivity contribution in [2.24, 2.45) is 0 Å². The zero-order chi connectivity index (χ0) is 20.3. The Kier molecular flexibility index (Phi) is 5.21. The van der Waals surface area contributed by atoms with E-state index in [9.17, 15) is 27.6 Å². The summed E-state index contributed by atoms with van der Waals surface area (Å²) in [6, 6.07) is 9.93. The van der Waals surface area contributed by atoms with Gasteiger partial charge in [-0.2, -0.15) is 0 Å². The van der Waals surface area contributed by atoms with Crippen molar-refractivity contribution in [3.05, 3.63) is 54.1 Å². The summed E-state index contributed by atoms with van der Waals surface area (Å²) in [5.41, 5.74) is 0.635. The van der Waals surface area contributed by atoms with Gasteiger partial charge in [-0.25, -0.2) is 0 Å². The lowest BCUT2D eigenvalue weighted by Crippen LogP contribution is -2.43. The van der Waals surface area contributed by atoms with E-state index in [0.29, 0.717) is 5.69 Å². The molecule has 1 aliphatic rings. The highest BCUT2D eigenvalue weighted by Gasteiger charge is 2.31. The summed E-state index contributed by atoms with van der Waals surface area (Å²) in [5, 5.41) is 7.39. The van der Waals surface area contributed by atoms with Crippen molar-refractivity contribution in [2.75, 3.05) is 10.6 Å². The van der Waals surface area contributed by atoms with E-state index in [2.05, 4.69) is 20.7 Å². The molecule has 1 unspecified atom stereocenters. The molecule has 1 aliphatic heterocycles. The lowest BCUT2D eigenvalue weighted by atomic mass is 10.1. The largest absolute Gasteiger partial charge is 0.573 e. The summed E-state index contributed by atoms with van der Waals surface area (Å²) in [6.45, 7) is 0. The smallest absolute Gasteiger partial charge is 0.406 e. The van der Waals surface area contributed by atoms with Crippen LogP contribution in [0, 0.1) is 0 Å². The summed E-state index contributed by atoms with van der Waals surface area (Å²) in [7, 11) is 0. The van der Waals surface area contributed by atoms with Gasteiger partial charge in [-0.3, -0.25) is 14.4 Å². The van der Waals surface area contributed by atoms with Crippen LogP contribution in [0.15, 0.2) is 48.5 Å². The molecule has 1 heterocycles. The maximum atomic E-state index is 12.3. The van der Waals surface area contributed by atoms with E-state index in [-0.39, 0.29) is 11.3 Å². The van der Waals surface area contributed by atoms with Gasteiger partial charge in [0.1, 0.15) is 11.8 Å². The lowest BCUT2D eigenvalue weighted by molar-refractivity contribution is -0.274. The number of rotatable bonds is 4. The SMILES string of the molecule is O=C(CC1NC(=O)c2ccccc2NC1=O)Nc1cccc(OC(F)(F)F)c1. The Balaban J connectivity index is 1.66. The molecule has 10 heteroatoms. The molecule has 2 aromatic rings. The number of carbonyl (C=O) groups is 3. The highest BCUT2D eigenvalue weighted by atomic mass is 19.4. The van der Waals surface area contributed by atoms with E-state index in [0.717, 1.165) is 12.1 Å². The standard InChI is InChI=1S/C18H14F3N3O4/c19-18(20,21)28-11-5-3-4-10(8-11)22-15(25)9-14-17(27)23-13-7-2-1-6-12(13)16(26)24-14/h1-8,14H,9H2,(H,22,25)(H,23,27)(H,24,26). The quantitative estimate of drug-likeness (QED) is 0.744. The number of anilines is 2. The van der Waals surface area contributed by atoms with Crippen LogP contribution >= 0.6 is 0 Å². The van der Waals surface area contributed by atoms with Crippen LogP contribution < -0.4 is 20.7 Å². The molecule has 0 aliphatic carbocycles. The Bertz CT molecular complexity index is 930. The molecule has 0 radical (unpaired) electrons. The highest BCUT2D eigenvalue weighted by Crippen LogP contribution is 2.25. The number of nitrogens with one attached hydrogen (secondary N) is 3. The maximum Gasteiger partial charge on any atom is 0.573 e. The minimum atomic E-state index is -4.86. The minimum Gasteiger partial charge on any atom is -0.406 e. The van der Waals surface area contributed by atoms with Gasteiger partial charge in [-0.1, -0.05) is 18.2 Å². The van der Waals surface area contributed by atoms with Gasteiger partial charge in [0.15, 0.2) is 0 Å². The van der Waals surface area contributed by atoms with Gasteiger partial charge in [0.25, 0.3) is 5.91 Å². The Morgan fingerprint density at radius 2 is 1.86 bits per heavy atom. The van der Waals surface area contributed by atoms with Crippen molar-refractivity contribution < 1.29 is 32.3 Å². The Labute approximate surface area is 156 Å². The molecule has 3 amide bonds. The highest BCUT2D eigenvalue weighted by molar-refractivity contribution is 6.11. The molecule has 0 aromatic heterocycles. The summed E-state index contributed by atoms with van der Waals surface area (Å²) >= 11 is 0. The fourth-order valence-corrected chi connectivity index (χ4v) is 2.62. The first kappa shape index (κ1) is 19.2. The van der Waals surface area contributed by atoms with Crippen LogP contribution in [0.25, 0.3) is 0 Å². The molecule has 2 aromatic carbocycles. The average molecular weight is 393 g/mol. The van der Waals surface area contributed by atoms with Crippen LogP contribution in [0.1, 0.15) is 16.8 Å². The lowest BCUT2D eigenvalue weighted by Gasteiger charge is -2.15. The second-order valence-corrected chi connectivity index (χ2v) is 5.89. The maximum absolute atomic E-state index is 12.3. The van der Waals surface area contributed by atoms with Gasteiger partial charge < -0.3 is 20.7 Å². The molecule has 7 nitrogen and oxygen atoms in total.